The van der Waals surface area contributed by atoms with E-state index in [4.69, 9.17) is 9.47 Å². The predicted molar refractivity (Wildman–Crippen MR) is 254 cm³/mol. The van der Waals surface area contributed by atoms with Gasteiger partial charge < -0.3 is 29.7 Å². The van der Waals surface area contributed by atoms with Gasteiger partial charge in [0.15, 0.2) is 0 Å². The zero-order valence-electron chi connectivity index (χ0n) is 39.6. The Balaban J connectivity index is 0.000000177. The molecule has 2 saturated heterocycles. The van der Waals surface area contributed by atoms with Crippen LogP contribution < -0.4 is 0 Å². The number of hydrogen-bond donors (Lipinski definition) is 3. The lowest BCUT2D eigenvalue weighted by Crippen LogP contribution is -2.52. The van der Waals surface area contributed by atoms with E-state index < -0.39 is 17.2 Å². The molecule has 10 fully saturated rings. The summed E-state index contributed by atoms with van der Waals surface area (Å²) in [5.74, 6) is 8.58. The monoisotopic (exact) mass is 884 g/mol. The number of carbonyl (C=O) groups excluding carboxylic acids is 1. The number of aliphatic hydroxyl groups is 2. The number of hydrogen-bond acceptors (Lipinski definition) is 6. The van der Waals surface area contributed by atoms with Crippen molar-refractivity contribution in [3.05, 3.63) is 0 Å². The Morgan fingerprint density at radius 3 is 1.41 bits per heavy atom. The smallest absolute Gasteiger partial charge is 0.307 e. The van der Waals surface area contributed by atoms with Crippen LogP contribution in [-0.4, -0.2) is 82.8 Å². The molecule has 8 heteroatoms. The van der Waals surface area contributed by atoms with Gasteiger partial charge in [-0.3, -0.25) is 9.59 Å². The second-order valence-electron chi connectivity index (χ2n) is 24.3. The normalized spacial score (nSPS) is 46.7. The molecule has 8 saturated carbocycles. The highest BCUT2D eigenvalue weighted by atomic mass is 16.5. The van der Waals surface area contributed by atoms with Crippen LogP contribution >= 0.6 is 0 Å². The second kappa shape index (κ2) is 20.6. The summed E-state index contributed by atoms with van der Waals surface area (Å²) in [6.45, 7) is 14.7. The molecule has 16 atom stereocenters. The van der Waals surface area contributed by atoms with E-state index in [2.05, 4.69) is 39.6 Å². The number of carboxylic acids is 1. The van der Waals surface area contributed by atoms with E-state index in [1.165, 1.54) is 83.5 Å². The quantitative estimate of drug-likeness (QED) is 0.257. The van der Waals surface area contributed by atoms with Gasteiger partial charge in [-0.2, -0.15) is 0 Å². The molecule has 3 N–H and O–H groups in total. The topological polar surface area (TPSA) is 117 Å². The maximum absolute atomic E-state index is 13.6. The molecule has 0 radical (unpaired) electrons. The van der Waals surface area contributed by atoms with Crippen LogP contribution in [0.25, 0.3) is 0 Å². The van der Waals surface area contributed by atoms with Crippen molar-refractivity contribution in [2.45, 2.75) is 214 Å². The van der Waals surface area contributed by atoms with Gasteiger partial charge in [0.2, 0.25) is 5.91 Å². The maximum Gasteiger partial charge on any atom is 0.307 e. The van der Waals surface area contributed by atoms with Crippen molar-refractivity contribution in [1.82, 2.24) is 4.90 Å². The molecule has 2 aliphatic heterocycles. The fourth-order valence-electron chi connectivity index (χ4n) is 17.6. The minimum absolute atomic E-state index is 0. The van der Waals surface area contributed by atoms with Crippen LogP contribution in [0.1, 0.15) is 197 Å². The summed E-state index contributed by atoms with van der Waals surface area (Å²) in [6, 6.07) is 0.371. The third-order valence-corrected chi connectivity index (χ3v) is 21.1. The van der Waals surface area contributed by atoms with Gasteiger partial charge in [0.05, 0.1) is 17.1 Å². The average Bonchev–Trinajstić information content (AvgIpc) is 3.80. The number of nitrogens with zero attached hydrogens (tertiary/aromatic N) is 1. The zero-order chi connectivity index (χ0) is 43.3. The molecule has 2 heterocycles. The number of carboxylic acid groups (broad SMARTS) is 1. The molecule has 10 rings (SSSR count). The summed E-state index contributed by atoms with van der Waals surface area (Å²) >= 11 is 0. The Hall–Kier alpha value is -1.22. The Bertz CT molecular complexity index is 1500. The third kappa shape index (κ3) is 10.3. The van der Waals surface area contributed by atoms with Crippen LogP contribution in [0.3, 0.4) is 0 Å². The third-order valence-electron chi connectivity index (χ3n) is 21.1. The minimum Gasteiger partial charge on any atom is -0.481 e. The summed E-state index contributed by atoms with van der Waals surface area (Å²) in [5, 5.41) is 30.7. The molecule has 0 unspecified atom stereocenters. The Labute approximate surface area is 385 Å². The molecule has 0 aromatic rings. The highest BCUT2D eigenvalue weighted by Gasteiger charge is 2.61. The molecule has 364 valence electrons. The second-order valence-corrected chi connectivity index (χ2v) is 24.3. The highest BCUT2D eigenvalue weighted by molar-refractivity contribution is 5.80. The van der Waals surface area contributed by atoms with Gasteiger partial charge in [-0.05, 0) is 231 Å². The van der Waals surface area contributed by atoms with Gasteiger partial charge in [-0.15, -0.1) is 0 Å². The highest BCUT2D eigenvalue weighted by Crippen LogP contribution is 2.66. The van der Waals surface area contributed by atoms with Gasteiger partial charge in [0.1, 0.15) is 0 Å². The Morgan fingerprint density at radius 1 is 0.540 bits per heavy atom. The van der Waals surface area contributed by atoms with E-state index in [1.807, 2.05) is 6.92 Å². The summed E-state index contributed by atoms with van der Waals surface area (Å²) in [4.78, 5) is 27.4. The van der Waals surface area contributed by atoms with Gasteiger partial charge >= 0.3 is 5.97 Å². The van der Waals surface area contributed by atoms with Crippen molar-refractivity contribution in [1.29, 1.82) is 0 Å². The van der Waals surface area contributed by atoms with Gasteiger partial charge in [0, 0.05) is 45.4 Å². The number of aliphatic carboxylic acids is 1. The Morgan fingerprint density at radius 2 is 0.968 bits per heavy atom. The fraction of sp³-hybridized carbons (Fsp3) is 0.964. The summed E-state index contributed by atoms with van der Waals surface area (Å²) in [7, 11) is 2.06. The van der Waals surface area contributed by atoms with Crippen LogP contribution in [0.5, 0.6) is 0 Å². The number of carbonyl (C=O) groups is 2. The number of amides is 1. The largest absolute Gasteiger partial charge is 0.481 e. The molecule has 10 aliphatic rings. The molecular formula is C55H97NO7. The molecule has 0 bridgehead atoms. The van der Waals surface area contributed by atoms with E-state index in [0.29, 0.717) is 23.8 Å². The van der Waals surface area contributed by atoms with Crippen LogP contribution in [-0.2, 0) is 19.1 Å². The number of ether oxygens (including phenoxy) is 2. The lowest BCUT2D eigenvalue weighted by atomic mass is 9.49. The molecule has 0 aromatic heterocycles. The molecule has 63 heavy (non-hydrogen) atoms. The van der Waals surface area contributed by atoms with E-state index in [1.54, 1.807) is 0 Å². The first-order valence-corrected chi connectivity index (χ1v) is 26.1. The molecule has 8 nitrogen and oxygen atoms in total. The summed E-state index contributed by atoms with van der Waals surface area (Å²) in [6.07, 6.45) is 26.7. The summed E-state index contributed by atoms with van der Waals surface area (Å²) < 4.78 is 10.7. The number of rotatable bonds is 4. The first-order valence-electron chi connectivity index (χ1n) is 26.1. The van der Waals surface area contributed by atoms with Crippen molar-refractivity contribution >= 4 is 11.9 Å². The van der Waals surface area contributed by atoms with Gasteiger partial charge in [-0.25, -0.2) is 0 Å². The van der Waals surface area contributed by atoms with Crippen molar-refractivity contribution in [3.8, 4) is 0 Å². The Kier molecular flexibility index (Phi) is 16.7. The van der Waals surface area contributed by atoms with Crippen molar-refractivity contribution in [2.75, 3.05) is 33.5 Å². The van der Waals surface area contributed by atoms with E-state index in [9.17, 15) is 24.9 Å². The predicted octanol–water partition coefficient (Wildman–Crippen LogP) is 11.8. The van der Waals surface area contributed by atoms with Crippen molar-refractivity contribution in [3.63, 3.8) is 0 Å². The van der Waals surface area contributed by atoms with Crippen molar-refractivity contribution < 1.29 is 34.4 Å². The standard InChI is InChI=1S/C26H43NO3.C20H32O3.C7H14O.2CH4/c1-25(29)12-8-19-17(16-25)4-5-21-20(19)9-13-26(2)22(21)6-7-23(26)24(28)27(3)18-10-14-30-15-11-18;1-19(23)9-7-13-12(11-19)3-4-15-14(13)8-10-20(2)16(15)5-6-17(20)18(21)22;1-2-7-3-5-8-6-4-7;;/h17-23,29H,4-16H2,1-3H3;12-17,23H,3-11H2,1-2H3,(H,21,22);7H,2-6H2,1H3;2*1H4/t17-,19+,20-,21-,22+,23-,25-,26+;12-,13+,14-,15-,16+,17-,19-,20+;;;/m11.../s1. The lowest BCUT2D eigenvalue weighted by Gasteiger charge is -2.57. The maximum atomic E-state index is 13.6. The number of fused-ring (bicyclic) bond motifs is 10. The van der Waals surface area contributed by atoms with E-state index in [-0.39, 0.29) is 37.5 Å². The summed E-state index contributed by atoms with van der Waals surface area (Å²) in [5.41, 5.74) is -0.638. The van der Waals surface area contributed by atoms with Crippen LogP contribution in [0, 0.1) is 87.8 Å². The van der Waals surface area contributed by atoms with Gasteiger partial charge in [0.25, 0.3) is 0 Å². The molecule has 0 spiro atoms. The first kappa shape index (κ1) is 51.2. The molecular weight excluding hydrogens is 787 g/mol. The molecule has 1 amide bonds. The van der Waals surface area contributed by atoms with E-state index in [0.717, 1.165) is 144 Å². The first-order chi connectivity index (χ1) is 29.0. The fourth-order valence-corrected chi connectivity index (χ4v) is 17.6. The SMILES string of the molecule is C.C.CCC1CCOCC1.CN(C(=O)[C@H]1CC[C@H]2[C@@H]3CC[C@@H]4C[C@](C)(O)CC[C@@H]4[C@H]3CC[C@]12C)C1CCOCC1.C[C@@]1(O)CC[C@H]2[C@H](CC[C@@H]3[C@@H]2CC[C@]2(C)[C@@H](C(=O)O)CC[C@@H]32)C1. The lowest BCUT2D eigenvalue weighted by molar-refractivity contribution is -0.150. The average molecular weight is 884 g/mol. The molecule has 0 aromatic carbocycles. The van der Waals surface area contributed by atoms with Crippen LogP contribution in [0.2, 0.25) is 0 Å². The zero-order valence-corrected chi connectivity index (χ0v) is 39.6. The molecule has 8 aliphatic carbocycles. The van der Waals surface area contributed by atoms with E-state index >= 15 is 0 Å². The minimum atomic E-state index is -0.559. The van der Waals surface area contributed by atoms with Crippen LogP contribution in [0.4, 0.5) is 0 Å². The van der Waals surface area contributed by atoms with Crippen LogP contribution in [0.15, 0.2) is 0 Å². The van der Waals surface area contributed by atoms with Crippen molar-refractivity contribution in [2.24, 2.45) is 87.8 Å². The van der Waals surface area contributed by atoms with Gasteiger partial charge in [-0.1, -0.05) is 42.0 Å².